The van der Waals surface area contributed by atoms with Gasteiger partial charge in [-0.2, -0.15) is 9.37 Å². The Morgan fingerprint density at radius 1 is 2.00 bits per heavy atom. The van der Waals surface area contributed by atoms with Crippen LogP contribution in [0.5, 0.6) is 0 Å². The van der Waals surface area contributed by atoms with Gasteiger partial charge in [0.1, 0.15) is 6.26 Å². The van der Waals surface area contributed by atoms with Crippen molar-refractivity contribution in [2.45, 2.75) is 0 Å². The zero-order chi connectivity index (χ0) is 4.41. The molecule has 6 heavy (non-hydrogen) atoms. The van der Waals surface area contributed by atoms with Gasteiger partial charge in [-0.25, -0.2) is 0 Å². The second-order valence-corrected chi connectivity index (χ2v) is 0.762. The van der Waals surface area contributed by atoms with Crippen molar-refractivity contribution in [2.24, 2.45) is 0 Å². The molecule has 1 rings (SSSR count). The summed E-state index contributed by atoms with van der Waals surface area (Å²) >= 11 is 0. The maximum Gasteiger partial charge on any atom is 0.286 e. The highest BCUT2D eigenvalue weighted by Gasteiger charge is 1.84. The molecule has 0 fully saturated rings. The predicted molar refractivity (Wildman–Crippen MR) is 15.3 cm³/mol. The molecule has 0 aliphatic heterocycles. The molecule has 0 spiro atoms. The minimum atomic E-state index is -0.630. The van der Waals surface area contributed by atoms with E-state index in [1.165, 1.54) is 0 Å². The summed E-state index contributed by atoms with van der Waals surface area (Å²) in [6.07, 6.45) is 2.80. The molecule has 2 nitrogen and oxygen atoms in total. The van der Waals surface area contributed by atoms with E-state index in [9.17, 15) is 4.39 Å². The van der Waals surface area contributed by atoms with Crippen LogP contribution in [0.1, 0.15) is 0 Å². The molecule has 0 aliphatic carbocycles. The Morgan fingerprint density at radius 2 is 2.83 bits per heavy atom. The third-order valence-electron chi connectivity index (χ3n) is 0.361. The summed E-state index contributed by atoms with van der Waals surface area (Å²) in [5.41, 5.74) is 0. The predicted octanol–water partition coefficient (Wildman–Crippen LogP) is 0.614. The standard InChI is InChI=1S/C3HFNO/c4-3-1-6-2-5-3/h1H. The first-order valence-electron chi connectivity index (χ1n) is 1.36. The smallest absolute Gasteiger partial charge is 0.286 e. The van der Waals surface area contributed by atoms with Gasteiger partial charge in [0, 0.05) is 0 Å². The normalized spacial score (nSPS) is 8.83. The van der Waals surface area contributed by atoms with Crippen molar-refractivity contribution < 1.29 is 8.81 Å². The van der Waals surface area contributed by atoms with Crippen molar-refractivity contribution in [3.05, 3.63) is 18.6 Å². The van der Waals surface area contributed by atoms with Gasteiger partial charge in [0.25, 0.3) is 12.3 Å². The number of oxazole rings is 1. The Kier molecular flexibility index (Phi) is 0.602. The quantitative estimate of drug-likeness (QED) is 0.462. The fourth-order valence-electron chi connectivity index (χ4n) is 0.171. The Bertz CT molecular complexity index is 114. The molecule has 0 aliphatic rings. The highest BCUT2D eigenvalue weighted by atomic mass is 19.1. The summed E-state index contributed by atoms with van der Waals surface area (Å²) in [5.74, 6) is -0.630. The molecule has 1 aromatic heterocycles. The molecular weight excluding hydrogens is 85.0 g/mol. The zero-order valence-electron chi connectivity index (χ0n) is 2.81. The van der Waals surface area contributed by atoms with Crippen molar-refractivity contribution in [3.63, 3.8) is 0 Å². The van der Waals surface area contributed by atoms with E-state index in [4.69, 9.17) is 0 Å². The largest absolute Gasteiger partial charge is 0.438 e. The molecule has 1 aromatic rings. The van der Waals surface area contributed by atoms with E-state index in [1.807, 2.05) is 6.39 Å². The molecular formula is C3HFNO. The average Bonchev–Trinajstić information content (AvgIpc) is 1.86. The van der Waals surface area contributed by atoms with Crippen LogP contribution < -0.4 is 0 Å². The second-order valence-electron chi connectivity index (χ2n) is 0.762. The number of hydrogen-bond donors (Lipinski definition) is 0. The van der Waals surface area contributed by atoms with E-state index >= 15 is 0 Å². The average molecular weight is 86.0 g/mol. The summed E-state index contributed by atoms with van der Waals surface area (Å²) in [6.45, 7) is 0. The van der Waals surface area contributed by atoms with E-state index in [-0.39, 0.29) is 0 Å². The van der Waals surface area contributed by atoms with Gasteiger partial charge in [0.05, 0.1) is 0 Å². The van der Waals surface area contributed by atoms with Crippen molar-refractivity contribution in [3.8, 4) is 0 Å². The maximum absolute atomic E-state index is 11.4. The Balaban J connectivity index is 3.05. The van der Waals surface area contributed by atoms with Crippen molar-refractivity contribution in [2.75, 3.05) is 0 Å². The van der Waals surface area contributed by atoms with E-state index in [1.54, 1.807) is 0 Å². The van der Waals surface area contributed by atoms with Crippen molar-refractivity contribution >= 4 is 0 Å². The zero-order valence-corrected chi connectivity index (χ0v) is 2.81. The number of aromatic nitrogens is 1. The number of nitrogens with zero attached hydrogens (tertiary/aromatic N) is 1. The van der Waals surface area contributed by atoms with Crippen LogP contribution >= 0.6 is 0 Å². The van der Waals surface area contributed by atoms with E-state index in [2.05, 4.69) is 9.40 Å². The highest BCUT2D eigenvalue weighted by molar-refractivity contribution is 4.63. The number of hydrogen-bond acceptors (Lipinski definition) is 2. The van der Waals surface area contributed by atoms with Gasteiger partial charge >= 0.3 is 0 Å². The minimum Gasteiger partial charge on any atom is -0.438 e. The van der Waals surface area contributed by atoms with E-state index < -0.39 is 5.95 Å². The number of halogens is 1. The van der Waals surface area contributed by atoms with Gasteiger partial charge < -0.3 is 4.42 Å². The van der Waals surface area contributed by atoms with Crippen LogP contribution in [0.3, 0.4) is 0 Å². The van der Waals surface area contributed by atoms with Gasteiger partial charge in [-0.1, -0.05) is 0 Å². The maximum atomic E-state index is 11.4. The van der Waals surface area contributed by atoms with E-state index in [0.29, 0.717) is 0 Å². The third kappa shape index (κ3) is 0.381. The Labute approximate surface area is 33.6 Å². The van der Waals surface area contributed by atoms with Gasteiger partial charge in [0.2, 0.25) is 0 Å². The minimum absolute atomic E-state index is 0.630. The molecule has 0 atom stereocenters. The second kappa shape index (κ2) is 1.08. The molecule has 31 valence electrons. The summed E-state index contributed by atoms with van der Waals surface area (Å²) < 4.78 is 15.5. The van der Waals surface area contributed by atoms with Crippen LogP contribution in [-0.4, -0.2) is 4.98 Å². The topological polar surface area (TPSA) is 26.0 Å². The van der Waals surface area contributed by atoms with Crippen LogP contribution in [0.4, 0.5) is 4.39 Å². The van der Waals surface area contributed by atoms with Gasteiger partial charge in [-0.15, -0.1) is 0 Å². The van der Waals surface area contributed by atoms with Gasteiger partial charge in [-0.3, -0.25) is 0 Å². The molecule has 1 heterocycles. The Morgan fingerprint density at radius 3 is 3.00 bits per heavy atom. The lowest BCUT2D eigenvalue weighted by Gasteiger charge is -1.56. The fraction of sp³-hybridized carbons (Fsp3) is 0. The lowest BCUT2D eigenvalue weighted by molar-refractivity contribution is 0.527. The SMILES string of the molecule is Fc1co[c]n1. The molecule has 0 aromatic carbocycles. The molecule has 3 heteroatoms. The highest BCUT2D eigenvalue weighted by Crippen LogP contribution is 1.85. The van der Waals surface area contributed by atoms with Gasteiger partial charge in [0.15, 0.2) is 0 Å². The molecule has 1 radical (unpaired) electrons. The first-order valence-corrected chi connectivity index (χ1v) is 1.36. The molecule has 0 unspecified atom stereocenters. The van der Waals surface area contributed by atoms with Gasteiger partial charge in [-0.05, 0) is 0 Å². The lowest BCUT2D eigenvalue weighted by atomic mass is 10.9. The third-order valence-corrected chi connectivity index (χ3v) is 0.361. The summed E-state index contributed by atoms with van der Waals surface area (Å²) in [5, 5.41) is 0. The first kappa shape index (κ1) is 3.33. The van der Waals surface area contributed by atoms with Crippen molar-refractivity contribution in [1.82, 2.24) is 4.98 Å². The van der Waals surface area contributed by atoms with Crippen LogP contribution in [0.25, 0.3) is 0 Å². The van der Waals surface area contributed by atoms with Crippen LogP contribution in [0.2, 0.25) is 0 Å². The van der Waals surface area contributed by atoms with Crippen LogP contribution in [0.15, 0.2) is 10.7 Å². The first-order chi connectivity index (χ1) is 2.89. The Hall–Kier alpha value is -0.860. The number of rotatable bonds is 0. The lowest BCUT2D eigenvalue weighted by Crippen LogP contribution is -1.61. The van der Waals surface area contributed by atoms with Crippen LogP contribution in [0, 0.1) is 12.3 Å². The molecule has 0 amide bonds. The fourth-order valence-corrected chi connectivity index (χ4v) is 0.171. The molecule has 0 saturated carbocycles. The van der Waals surface area contributed by atoms with Crippen LogP contribution in [-0.2, 0) is 0 Å². The van der Waals surface area contributed by atoms with Crippen molar-refractivity contribution in [1.29, 1.82) is 0 Å². The molecule has 0 saturated heterocycles. The summed E-state index contributed by atoms with van der Waals surface area (Å²) in [6, 6.07) is 0. The summed E-state index contributed by atoms with van der Waals surface area (Å²) in [4.78, 5) is 2.96. The monoisotopic (exact) mass is 86.0 g/mol. The molecule has 0 N–H and O–H groups in total. The summed E-state index contributed by atoms with van der Waals surface area (Å²) in [7, 11) is 0. The van der Waals surface area contributed by atoms with E-state index in [0.717, 1.165) is 6.26 Å². The molecule has 0 bridgehead atoms.